The molecule has 2 heteroatoms. The smallest absolute Gasteiger partial charge is 0.331 e. The summed E-state index contributed by atoms with van der Waals surface area (Å²) in [5.41, 5.74) is 0. The van der Waals surface area contributed by atoms with Crippen LogP contribution in [0, 0.1) is 0 Å². The molecule has 0 spiro atoms. The Bertz CT molecular complexity index is 204. The Kier molecular flexibility index (Phi) is 3.58. The lowest BCUT2D eigenvalue weighted by atomic mass is 10.1. The standard InChI is InChI=1S/C10H14O2/c1-2-3-4-6-9-7-5-8-10(11)12-9/h4-6,8-9H,2-3,7H2,1H3/b6-4+/t9-/m0/s1. The molecule has 0 saturated heterocycles. The van der Waals surface area contributed by atoms with Crippen LogP contribution in [0.1, 0.15) is 26.2 Å². The highest BCUT2D eigenvalue weighted by molar-refractivity contribution is 5.82. The lowest BCUT2D eigenvalue weighted by Crippen LogP contribution is -2.17. The molecule has 1 aliphatic heterocycles. The molecule has 12 heavy (non-hydrogen) atoms. The van der Waals surface area contributed by atoms with E-state index in [0.29, 0.717) is 0 Å². The summed E-state index contributed by atoms with van der Waals surface area (Å²) in [5.74, 6) is -0.229. The predicted molar refractivity (Wildman–Crippen MR) is 47.7 cm³/mol. The Morgan fingerprint density at radius 1 is 1.75 bits per heavy atom. The molecule has 0 bridgehead atoms. The number of ether oxygens (including phenoxy) is 1. The van der Waals surface area contributed by atoms with Crippen LogP contribution in [0.3, 0.4) is 0 Å². The number of rotatable bonds is 3. The maximum absolute atomic E-state index is 10.8. The van der Waals surface area contributed by atoms with Crippen LogP contribution >= 0.6 is 0 Å². The van der Waals surface area contributed by atoms with Gasteiger partial charge in [-0.05, 0) is 12.5 Å². The van der Waals surface area contributed by atoms with E-state index < -0.39 is 0 Å². The van der Waals surface area contributed by atoms with E-state index >= 15 is 0 Å². The molecule has 0 amide bonds. The summed E-state index contributed by atoms with van der Waals surface area (Å²) >= 11 is 0. The SMILES string of the molecule is CCC/C=C/[C@H]1CC=CC(=O)O1. The van der Waals surface area contributed by atoms with Crippen molar-refractivity contribution in [1.29, 1.82) is 0 Å². The number of hydrogen-bond donors (Lipinski definition) is 0. The molecule has 0 radical (unpaired) electrons. The van der Waals surface area contributed by atoms with E-state index in [9.17, 15) is 4.79 Å². The van der Waals surface area contributed by atoms with Gasteiger partial charge in [0.2, 0.25) is 0 Å². The summed E-state index contributed by atoms with van der Waals surface area (Å²) < 4.78 is 5.02. The third-order valence-electron chi connectivity index (χ3n) is 1.70. The van der Waals surface area contributed by atoms with Crippen LogP contribution in [-0.2, 0) is 9.53 Å². The summed E-state index contributed by atoms with van der Waals surface area (Å²) in [6, 6.07) is 0. The van der Waals surface area contributed by atoms with Crippen LogP contribution in [0.15, 0.2) is 24.3 Å². The molecule has 2 nitrogen and oxygen atoms in total. The van der Waals surface area contributed by atoms with Crippen molar-refractivity contribution >= 4 is 5.97 Å². The first-order valence-electron chi connectivity index (χ1n) is 4.36. The molecule has 0 aromatic heterocycles. The molecule has 66 valence electrons. The van der Waals surface area contributed by atoms with Crippen molar-refractivity contribution in [1.82, 2.24) is 0 Å². The molecule has 0 N–H and O–H groups in total. The van der Waals surface area contributed by atoms with Gasteiger partial charge in [-0.2, -0.15) is 0 Å². The van der Waals surface area contributed by atoms with E-state index in [4.69, 9.17) is 4.74 Å². The fourth-order valence-electron chi connectivity index (χ4n) is 1.07. The van der Waals surface area contributed by atoms with Gasteiger partial charge < -0.3 is 4.74 Å². The van der Waals surface area contributed by atoms with Crippen molar-refractivity contribution in [2.75, 3.05) is 0 Å². The molecule has 1 rings (SSSR count). The summed E-state index contributed by atoms with van der Waals surface area (Å²) in [7, 11) is 0. The molecular formula is C10H14O2. The van der Waals surface area contributed by atoms with Gasteiger partial charge in [0.1, 0.15) is 6.10 Å². The van der Waals surface area contributed by atoms with E-state index in [1.54, 1.807) is 0 Å². The average molecular weight is 166 g/mol. The maximum atomic E-state index is 10.8. The summed E-state index contributed by atoms with van der Waals surface area (Å²) in [6.45, 7) is 2.12. The maximum Gasteiger partial charge on any atom is 0.331 e. The van der Waals surface area contributed by atoms with Gasteiger partial charge in [-0.3, -0.25) is 0 Å². The highest BCUT2D eigenvalue weighted by Crippen LogP contribution is 2.08. The topological polar surface area (TPSA) is 26.3 Å². The molecule has 0 saturated carbocycles. The first-order valence-corrected chi connectivity index (χ1v) is 4.36. The summed E-state index contributed by atoms with van der Waals surface area (Å²) in [4.78, 5) is 10.8. The Hall–Kier alpha value is -1.05. The highest BCUT2D eigenvalue weighted by Gasteiger charge is 2.11. The van der Waals surface area contributed by atoms with Gasteiger partial charge in [0.05, 0.1) is 0 Å². The number of carbonyl (C=O) groups excluding carboxylic acids is 1. The molecule has 1 atom stereocenters. The molecule has 1 aliphatic rings. The second-order valence-corrected chi connectivity index (χ2v) is 2.83. The van der Waals surface area contributed by atoms with Gasteiger partial charge in [0.25, 0.3) is 0 Å². The normalized spacial score (nSPS) is 23.1. The van der Waals surface area contributed by atoms with Crippen LogP contribution < -0.4 is 0 Å². The van der Waals surface area contributed by atoms with Gasteiger partial charge in [-0.15, -0.1) is 0 Å². The molecule has 0 unspecified atom stereocenters. The minimum Gasteiger partial charge on any atom is -0.455 e. The minimum atomic E-state index is -0.229. The Morgan fingerprint density at radius 2 is 2.58 bits per heavy atom. The summed E-state index contributed by atoms with van der Waals surface area (Å²) in [5, 5.41) is 0. The van der Waals surface area contributed by atoms with Crippen LogP contribution in [0.5, 0.6) is 0 Å². The van der Waals surface area contributed by atoms with Gasteiger partial charge in [0.15, 0.2) is 0 Å². The number of allylic oxidation sites excluding steroid dienone is 1. The van der Waals surface area contributed by atoms with Crippen molar-refractivity contribution in [2.45, 2.75) is 32.3 Å². The fourth-order valence-corrected chi connectivity index (χ4v) is 1.07. The van der Waals surface area contributed by atoms with Crippen molar-refractivity contribution in [3.8, 4) is 0 Å². The third kappa shape index (κ3) is 2.91. The summed E-state index contributed by atoms with van der Waals surface area (Å²) in [6.07, 6.45) is 10.3. The predicted octanol–water partition coefficient (Wildman–Crippen LogP) is 2.21. The Balaban J connectivity index is 2.34. The van der Waals surface area contributed by atoms with Gasteiger partial charge in [-0.25, -0.2) is 4.79 Å². The third-order valence-corrected chi connectivity index (χ3v) is 1.70. The molecular weight excluding hydrogens is 152 g/mol. The van der Waals surface area contributed by atoms with Crippen LogP contribution in [0.2, 0.25) is 0 Å². The molecule has 0 aromatic rings. The zero-order valence-electron chi connectivity index (χ0n) is 7.32. The van der Waals surface area contributed by atoms with E-state index in [-0.39, 0.29) is 12.1 Å². The van der Waals surface area contributed by atoms with Crippen LogP contribution in [-0.4, -0.2) is 12.1 Å². The highest BCUT2D eigenvalue weighted by atomic mass is 16.5. The first-order chi connectivity index (χ1) is 5.83. The lowest BCUT2D eigenvalue weighted by molar-refractivity contribution is -0.141. The van der Waals surface area contributed by atoms with Gasteiger partial charge >= 0.3 is 5.97 Å². The Labute approximate surface area is 72.9 Å². The number of carbonyl (C=O) groups is 1. The van der Waals surface area contributed by atoms with E-state index in [2.05, 4.69) is 13.0 Å². The lowest BCUT2D eigenvalue weighted by Gasteiger charge is -2.14. The number of unbranched alkanes of at least 4 members (excludes halogenated alkanes) is 1. The zero-order valence-corrected chi connectivity index (χ0v) is 7.32. The number of hydrogen-bond acceptors (Lipinski definition) is 2. The minimum absolute atomic E-state index is 0.0333. The second kappa shape index (κ2) is 4.75. The number of cyclic esters (lactones) is 1. The van der Waals surface area contributed by atoms with E-state index in [1.807, 2.05) is 12.2 Å². The average Bonchev–Trinajstić information content (AvgIpc) is 2.05. The zero-order chi connectivity index (χ0) is 8.81. The van der Waals surface area contributed by atoms with Crippen LogP contribution in [0.4, 0.5) is 0 Å². The molecule has 1 heterocycles. The first kappa shape index (κ1) is 9.04. The molecule has 0 fully saturated rings. The molecule has 0 aliphatic carbocycles. The van der Waals surface area contributed by atoms with Crippen molar-refractivity contribution in [3.05, 3.63) is 24.3 Å². The van der Waals surface area contributed by atoms with Gasteiger partial charge in [0, 0.05) is 12.5 Å². The van der Waals surface area contributed by atoms with E-state index in [1.165, 1.54) is 6.08 Å². The van der Waals surface area contributed by atoms with Crippen molar-refractivity contribution in [3.63, 3.8) is 0 Å². The monoisotopic (exact) mass is 166 g/mol. The van der Waals surface area contributed by atoms with Crippen molar-refractivity contribution < 1.29 is 9.53 Å². The van der Waals surface area contributed by atoms with E-state index in [0.717, 1.165) is 19.3 Å². The largest absolute Gasteiger partial charge is 0.455 e. The van der Waals surface area contributed by atoms with Crippen molar-refractivity contribution in [2.24, 2.45) is 0 Å². The Morgan fingerprint density at radius 3 is 3.25 bits per heavy atom. The second-order valence-electron chi connectivity index (χ2n) is 2.83. The quantitative estimate of drug-likeness (QED) is 0.474. The van der Waals surface area contributed by atoms with Crippen LogP contribution in [0.25, 0.3) is 0 Å². The number of esters is 1. The molecule has 0 aromatic carbocycles. The van der Waals surface area contributed by atoms with Gasteiger partial charge in [-0.1, -0.05) is 25.5 Å². The fraction of sp³-hybridized carbons (Fsp3) is 0.500.